The molecule has 0 radical (unpaired) electrons. The molecule has 2 aliphatic heterocycles. The molecule has 196 valence electrons. The van der Waals surface area contributed by atoms with Gasteiger partial charge in [0.25, 0.3) is 5.95 Å². The summed E-state index contributed by atoms with van der Waals surface area (Å²) in [5, 5.41) is 0. The second-order valence-corrected chi connectivity index (χ2v) is 10.9. The molecule has 2 saturated heterocycles. The molecule has 2 aliphatic rings. The minimum atomic E-state index is -3.12. The number of morpholine rings is 1. The van der Waals surface area contributed by atoms with Crippen LogP contribution in [0.5, 0.6) is 5.75 Å². The van der Waals surface area contributed by atoms with E-state index >= 15 is 0 Å². The van der Waals surface area contributed by atoms with E-state index in [9.17, 15) is 8.42 Å². The van der Waals surface area contributed by atoms with Gasteiger partial charge in [-0.15, -0.1) is 0 Å². The van der Waals surface area contributed by atoms with E-state index in [4.69, 9.17) is 9.57 Å². The molecule has 0 amide bonds. The highest BCUT2D eigenvalue weighted by Crippen LogP contribution is 2.20. The Balaban J connectivity index is 1.12. The molecule has 3 aromatic rings. The zero-order chi connectivity index (χ0) is 25.7. The van der Waals surface area contributed by atoms with Gasteiger partial charge in [-0.2, -0.15) is 9.79 Å². The molecule has 0 spiro atoms. The van der Waals surface area contributed by atoms with Crippen LogP contribution < -0.4 is 15.2 Å². The topological polar surface area (TPSA) is 126 Å². The van der Waals surface area contributed by atoms with Crippen LogP contribution in [0.4, 0.5) is 11.9 Å². The van der Waals surface area contributed by atoms with Crippen molar-refractivity contribution in [1.82, 2.24) is 29.1 Å². The first kappa shape index (κ1) is 25.3. The fourth-order valence-corrected chi connectivity index (χ4v) is 5.01. The third-order valence-corrected chi connectivity index (χ3v) is 7.58. The van der Waals surface area contributed by atoms with Crippen molar-refractivity contribution < 1.29 is 18.0 Å². The van der Waals surface area contributed by atoms with Gasteiger partial charge >= 0.3 is 0 Å². The fraction of sp³-hybridized carbons (Fsp3) is 0.417. The van der Waals surface area contributed by atoms with E-state index in [0.29, 0.717) is 57.0 Å². The number of piperazine rings is 1. The lowest BCUT2D eigenvalue weighted by atomic mass is 10.2. The Bertz CT molecular complexity index is 1280. The van der Waals surface area contributed by atoms with Crippen LogP contribution in [0.25, 0.3) is 11.3 Å². The Hall–Kier alpha value is -3.39. The number of hydrogen-bond acceptors (Lipinski definition) is 11. The smallest absolute Gasteiger partial charge is 0.256 e. The van der Waals surface area contributed by atoms with Crippen molar-refractivity contribution in [3.63, 3.8) is 0 Å². The van der Waals surface area contributed by atoms with Gasteiger partial charge in [0.05, 0.1) is 25.2 Å². The lowest BCUT2D eigenvalue weighted by Gasteiger charge is -2.33. The molecular formula is C24H30N8O4S. The first-order chi connectivity index (χ1) is 17.9. The zero-order valence-corrected chi connectivity index (χ0v) is 21.5. The van der Waals surface area contributed by atoms with Crippen molar-refractivity contribution in [3.8, 4) is 17.0 Å². The van der Waals surface area contributed by atoms with Gasteiger partial charge in [0, 0.05) is 70.0 Å². The maximum absolute atomic E-state index is 11.7. The van der Waals surface area contributed by atoms with Gasteiger partial charge in [-0.05, 0) is 23.8 Å². The monoisotopic (exact) mass is 526 g/mol. The predicted octanol–water partition coefficient (Wildman–Crippen LogP) is 1.25. The Morgan fingerprint density at radius 1 is 0.946 bits per heavy atom. The van der Waals surface area contributed by atoms with Crippen LogP contribution in [-0.2, 0) is 21.3 Å². The van der Waals surface area contributed by atoms with Crippen molar-refractivity contribution >= 4 is 21.9 Å². The lowest BCUT2D eigenvalue weighted by molar-refractivity contribution is 0.122. The molecule has 1 aromatic carbocycles. The number of sulfonamides is 1. The van der Waals surface area contributed by atoms with Crippen LogP contribution in [0, 0.1) is 0 Å². The summed E-state index contributed by atoms with van der Waals surface area (Å²) in [4.78, 5) is 27.7. The number of ether oxygens (including phenoxy) is 1. The van der Waals surface area contributed by atoms with E-state index in [1.165, 1.54) is 10.6 Å². The van der Waals surface area contributed by atoms with E-state index < -0.39 is 10.0 Å². The molecule has 12 nitrogen and oxygen atoms in total. The van der Waals surface area contributed by atoms with Crippen molar-refractivity contribution in [2.75, 3.05) is 69.1 Å². The standard InChI is InChI=1S/C24H30N8O4S/c1-37(33,34)32-10-8-30(9-11-32)18-19-2-4-21(5-3-19)36-29-23-26-16-20(17-27-23)22-6-7-25-24(28-22)31-12-14-35-15-13-31/h2-7,16-17H,8-15,18H2,1H3,(H,26,27,29). The highest BCUT2D eigenvalue weighted by Gasteiger charge is 2.23. The van der Waals surface area contributed by atoms with E-state index in [1.807, 2.05) is 30.3 Å². The lowest BCUT2D eigenvalue weighted by Crippen LogP contribution is -2.47. The third-order valence-electron chi connectivity index (χ3n) is 6.27. The number of aromatic nitrogens is 4. The Labute approximate surface area is 216 Å². The molecular weight excluding hydrogens is 496 g/mol. The molecule has 0 saturated carbocycles. The van der Waals surface area contributed by atoms with Gasteiger partial charge in [0.1, 0.15) is 0 Å². The van der Waals surface area contributed by atoms with E-state index in [1.54, 1.807) is 18.6 Å². The van der Waals surface area contributed by atoms with Crippen LogP contribution in [0.1, 0.15) is 5.56 Å². The summed E-state index contributed by atoms with van der Waals surface area (Å²) < 4.78 is 30.3. The molecule has 1 N–H and O–H groups in total. The number of rotatable bonds is 8. The van der Waals surface area contributed by atoms with Gasteiger partial charge in [-0.1, -0.05) is 12.1 Å². The van der Waals surface area contributed by atoms with E-state index in [-0.39, 0.29) is 0 Å². The van der Waals surface area contributed by atoms with Gasteiger partial charge < -0.3 is 14.5 Å². The highest BCUT2D eigenvalue weighted by atomic mass is 32.2. The maximum atomic E-state index is 11.7. The van der Waals surface area contributed by atoms with Gasteiger partial charge in [-0.3, -0.25) is 4.90 Å². The second kappa shape index (κ2) is 11.3. The Kier molecular flexibility index (Phi) is 7.74. The van der Waals surface area contributed by atoms with Gasteiger partial charge in [-0.25, -0.2) is 28.4 Å². The summed E-state index contributed by atoms with van der Waals surface area (Å²) in [5.41, 5.74) is 5.43. The van der Waals surface area contributed by atoms with Crippen molar-refractivity contribution in [3.05, 3.63) is 54.5 Å². The van der Waals surface area contributed by atoms with Crippen LogP contribution in [0.3, 0.4) is 0 Å². The fourth-order valence-electron chi connectivity index (χ4n) is 4.18. The molecule has 0 aliphatic carbocycles. The van der Waals surface area contributed by atoms with E-state index in [0.717, 1.165) is 36.5 Å². The number of nitrogens with one attached hydrogen (secondary N) is 1. The molecule has 5 rings (SSSR count). The van der Waals surface area contributed by atoms with Crippen LogP contribution in [-0.4, -0.2) is 96.3 Å². The molecule has 0 bridgehead atoms. The first-order valence-electron chi connectivity index (χ1n) is 12.1. The zero-order valence-electron chi connectivity index (χ0n) is 20.7. The van der Waals surface area contributed by atoms with Crippen molar-refractivity contribution in [2.45, 2.75) is 6.54 Å². The molecule has 13 heteroatoms. The minimum Gasteiger partial charge on any atom is -0.379 e. The van der Waals surface area contributed by atoms with Gasteiger partial charge in [0.15, 0.2) is 5.75 Å². The van der Waals surface area contributed by atoms with E-state index in [2.05, 4.69) is 35.2 Å². The molecule has 37 heavy (non-hydrogen) atoms. The normalized spacial score (nSPS) is 17.5. The quantitative estimate of drug-likeness (QED) is 0.426. The summed E-state index contributed by atoms with van der Waals surface area (Å²) in [6, 6.07) is 9.56. The molecule has 0 unspecified atom stereocenters. The first-order valence-corrected chi connectivity index (χ1v) is 14.0. The molecule has 2 fully saturated rings. The van der Waals surface area contributed by atoms with Crippen molar-refractivity contribution in [2.24, 2.45) is 0 Å². The number of hydrogen-bond donors (Lipinski definition) is 1. The number of nitrogens with zero attached hydrogens (tertiary/aromatic N) is 7. The summed E-state index contributed by atoms with van der Waals surface area (Å²) in [6.45, 7) is 6.10. The largest absolute Gasteiger partial charge is 0.379 e. The van der Waals surface area contributed by atoms with Crippen molar-refractivity contribution in [1.29, 1.82) is 0 Å². The second-order valence-electron chi connectivity index (χ2n) is 8.92. The summed E-state index contributed by atoms with van der Waals surface area (Å²) in [6.07, 6.45) is 6.38. The predicted molar refractivity (Wildman–Crippen MR) is 138 cm³/mol. The Morgan fingerprint density at radius 3 is 2.32 bits per heavy atom. The summed E-state index contributed by atoms with van der Waals surface area (Å²) in [5.74, 6) is 1.63. The number of benzene rings is 1. The molecule has 4 heterocycles. The average Bonchev–Trinajstić information content (AvgIpc) is 2.93. The SMILES string of the molecule is CS(=O)(=O)N1CCN(Cc2ccc(ONc3ncc(-c4ccnc(N5CCOCC5)n4)cn3)cc2)CC1. The maximum Gasteiger partial charge on any atom is 0.256 e. The Morgan fingerprint density at radius 2 is 1.65 bits per heavy atom. The summed E-state index contributed by atoms with van der Waals surface area (Å²) in [7, 11) is -3.12. The molecule has 2 aromatic heterocycles. The van der Waals surface area contributed by atoms with Crippen LogP contribution >= 0.6 is 0 Å². The van der Waals surface area contributed by atoms with Crippen LogP contribution in [0.2, 0.25) is 0 Å². The third kappa shape index (κ3) is 6.68. The van der Waals surface area contributed by atoms with Gasteiger partial charge in [0.2, 0.25) is 16.0 Å². The average molecular weight is 527 g/mol. The molecule has 0 atom stereocenters. The van der Waals surface area contributed by atoms with Crippen LogP contribution in [0.15, 0.2) is 48.9 Å². The summed E-state index contributed by atoms with van der Waals surface area (Å²) >= 11 is 0. The highest BCUT2D eigenvalue weighted by molar-refractivity contribution is 7.88. The minimum absolute atomic E-state index is 0.332. The number of anilines is 2.